The molecule has 0 saturated carbocycles. The van der Waals surface area contributed by atoms with Crippen molar-refractivity contribution in [1.82, 2.24) is 4.98 Å². The van der Waals surface area contributed by atoms with Crippen molar-refractivity contribution < 1.29 is 1.37 Å². The van der Waals surface area contributed by atoms with Gasteiger partial charge >= 0.3 is 0 Å². The second-order valence-corrected chi connectivity index (χ2v) is 3.51. The Bertz CT molecular complexity index is 463. The van der Waals surface area contributed by atoms with E-state index in [1.54, 1.807) is 12.1 Å². The van der Waals surface area contributed by atoms with E-state index < -0.39 is 0 Å². The minimum atomic E-state index is 0.439. The van der Waals surface area contributed by atoms with E-state index in [1.807, 2.05) is 6.07 Å². The van der Waals surface area contributed by atoms with E-state index in [0.717, 1.165) is 16.6 Å². The van der Waals surface area contributed by atoms with E-state index in [1.165, 1.54) is 0 Å². The van der Waals surface area contributed by atoms with Crippen LogP contribution in [0.3, 0.4) is 0 Å². The molecule has 66 valence electrons. The zero-order valence-electron chi connectivity index (χ0n) is 8.91. The number of aromatic nitrogens is 1. The first-order chi connectivity index (χ1) is 6.66. The Hall–Kier alpha value is -1.37. The molecule has 1 heteroatoms. The lowest BCUT2D eigenvalue weighted by Gasteiger charge is -2.04. The van der Waals surface area contributed by atoms with Crippen LogP contribution < -0.4 is 0 Å². The van der Waals surface area contributed by atoms with Gasteiger partial charge in [-0.15, -0.1) is 0 Å². The largest absolute Gasteiger partial charge is 0.253 e. The average Bonchev–Trinajstić information content (AvgIpc) is 2.16. The first-order valence-corrected chi connectivity index (χ1v) is 4.54. The average molecular weight is 173 g/mol. The Morgan fingerprint density at radius 2 is 2.08 bits per heavy atom. The van der Waals surface area contributed by atoms with Gasteiger partial charge in [0.05, 0.1) is 6.89 Å². The van der Waals surface area contributed by atoms with E-state index in [9.17, 15) is 0 Å². The molecule has 0 bridgehead atoms. The molecule has 0 unspecified atom stereocenters. The molecule has 1 aromatic carbocycles. The first kappa shape index (κ1) is 7.07. The van der Waals surface area contributed by atoms with Gasteiger partial charge in [-0.3, -0.25) is 4.98 Å². The number of fused-ring (bicyclic) bond motifs is 1. The van der Waals surface area contributed by atoms with Gasteiger partial charge in [-0.1, -0.05) is 38.1 Å². The maximum absolute atomic E-state index is 7.51. The molecule has 0 aliphatic heterocycles. The third-order valence-electron chi connectivity index (χ3n) is 2.15. The number of rotatable bonds is 1. The third-order valence-corrected chi connectivity index (χ3v) is 2.15. The van der Waals surface area contributed by atoms with Crippen LogP contribution in [0.1, 0.15) is 26.8 Å². The van der Waals surface area contributed by atoms with Gasteiger partial charge in [-0.25, -0.2) is 0 Å². The van der Waals surface area contributed by atoms with E-state index in [0.29, 0.717) is 12.0 Å². The van der Waals surface area contributed by atoms with Crippen LogP contribution in [0.4, 0.5) is 0 Å². The molecule has 0 atom stereocenters. The smallest absolute Gasteiger partial charge is 0.0705 e. The molecule has 0 spiro atoms. The molecule has 1 nitrogen and oxygen atoms in total. The van der Waals surface area contributed by atoms with E-state index in [4.69, 9.17) is 1.37 Å². The maximum atomic E-state index is 7.51. The van der Waals surface area contributed by atoms with Crippen LogP contribution in [0, 0.1) is 0 Å². The van der Waals surface area contributed by atoms with Gasteiger partial charge in [-0.05, 0) is 18.1 Å². The lowest BCUT2D eigenvalue weighted by atomic mass is 10.1. The lowest BCUT2D eigenvalue weighted by molar-refractivity contribution is 0.830. The van der Waals surface area contributed by atoms with Crippen LogP contribution >= 0.6 is 0 Å². The van der Waals surface area contributed by atoms with Crippen molar-refractivity contribution in [2.45, 2.75) is 19.8 Å². The highest BCUT2D eigenvalue weighted by Crippen LogP contribution is 2.16. The highest BCUT2D eigenvalue weighted by molar-refractivity contribution is 5.78. The fraction of sp³-hybridized carbons (Fsp3) is 0.250. The third kappa shape index (κ3) is 1.55. The van der Waals surface area contributed by atoms with Crippen molar-refractivity contribution in [3.63, 3.8) is 0 Å². The van der Waals surface area contributed by atoms with E-state index in [2.05, 4.69) is 31.0 Å². The molecular weight excluding hydrogens is 158 g/mol. The van der Waals surface area contributed by atoms with Crippen molar-refractivity contribution in [3.05, 3.63) is 42.1 Å². The van der Waals surface area contributed by atoms with Gasteiger partial charge in [0.15, 0.2) is 0 Å². The van der Waals surface area contributed by atoms with Crippen molar-refractivity contribution in [2.75, 3.05) is 0 Å². The summed E-state index contributed by atoms with van der Waals surface area (Å²) in [4.78, 5) is 4.52. The number of para-hydroxylation sites is 1. The zero-order chi connectivity index (χ0) is 10.1. The Kier molecular flexibility index (Phi) is 1.73. The van der Waals surface area contributed by atoms with Crippen LogP contribution in [0.2, 0.25) is 0 Å². The Morgan fingerprint density at radius 1 is 1.23 bits per heavy atom. The summed E-state index contributed by atoms with van der Waals surface area (Å²) in [6.07, 6.45) is 0. The number of pyridine rings is 1. The summed E-state index contributed by atoms with van der Waals surface area (Å²) in [5.41, 5.74) is 2.01. The summed E-state index contributed by atoms with van der Waals surface area (Å²) in [7, 11) is 0. The lowest BCUT2D eigenvalue weighted by Crippen LogP contribution is -1.91. The van der Waals surface area contributed by atoms with Crippen molar-refractivity contribution in [3.8, 4) is 0 Å². The quantitative estimate of drug-likeness (QED) is 0.644. The standard InChI is InChI=1S/C12H13N/c1-9(2)11-8-7-10-5-3-4-6-12(10)13-11/h3-9H,1-2H3/i4T. The van der Waals surface area contributed by atoms with Crippen molar-refractivity contribution in [2.24, 2.45) is 0 Å². The van der Waals surface area contributed by atoms with Crippen LogP contribution in [0.5, 0.6) is 0 Å². The van der Waals surface area contributed by atoms with Crippen molar-refractivity contribution in [1.29, 1.82) is 0 Å². The molecule has 0 N–H and O–H groups in total. The van der Waals surface area contributed by atoms with Gasteiger partial charge < -0.3 is 0 Å². The molecule has 1 aromatic heterocycles. The summed E-state index contributed by atoms with van der Waals surface area (Å²) in [5.74, 6) is 0.439. The Morgan fingerprint density at radius 3 is 2.85 bits per heavy atom. The van der Waals surface area contributed by atoms with Crippen LogP contribution in [-0.2, 0) is 0 Å². The maximum Gasteiger partial charge on any atom is 0.0705 e. The number of hydrogen-bond donors (Lipinski definition) is 0. The topological polar surface area (TPSA) is 12.9 Å². The van der Waals surface area contributed by atoms with E-state index in [-0.39, 0.29) is 0 Å². The summed E-state index contributed by atoms with van der Waals surface area (Å²) in [6.45, 7) is 4.25. The molecule has 1 heterocycles. The highest BCUT2D eigenvalue weighted by Gasteiger charge is 2.00. The Labute approximate surface area is 79.8 Å². The van der Waals surface area contributed by atoms with Crippen LogP contribution in [-0.4, -0.2) is 4.98 Å². The molecule has 0 saturated heterocycles. The summed E-state index contributed by atoms with van der Waals surface area (Å²) < 4.78 is 7.51. The minimum absolute atomic E-state index is 0.439. The fourth-order valence-electron chi connectivity index (χ4n) is 1.34. The minimum Gasteiger partial charge on any atom is -0.253 e. The molecule has 0 radical (unpaired) electrons. The molecule has 0 fully saturated rings. The zero-order valence-corrected chi connectivity index (χ0v) is 7.91. The van der Waals surface area contributed by atoms with Gasteiger partial charge in [-0.2, -0.15) is 0 Å². The molecule has 2 aromatic rings. The molecule has 0 aliphatic rings. The summed E-state index contributed by atoms with van der Waals surface area (Å²) in [5, 5.41) is 1.10. The van der Waals surface area contributed by atoms with Crippen LogP contribution in [0.25, 0.3) is 10.9 Å². The predicted octanol–water partition coefficient (Wildman–Crippen LogP) is 3.36. The molecule has 13 heavy (non-hydrogen) atoms. The van der Waals surface area contributed by atoms with Crippen molar-refractivity contribution >= 4 is 10.9 Å². The second kappa shape index (κ2) is 3.17. The number of hydrogen-bond acceptors (Lipinski definition) is 1. The summed E-state index contributed by atoms with van der Waals surface area (Å²) >= 11 is 0. The summed E-state index contributed by atoms with van der Waals surface area (Å²) in [6, 6.07) is 10.2. The molecule has 0 aliphatic carbocycles. The Balaban J connectivity index is 2.63. The van der Waals surface area contributed by atoms with Gasteiger partial charge in [0, 0.05) is 11.1 Å². The van der Waals surface area contributed by atoms with Gasteiger partial charge in [0.2, 0.25) is 0 Å². The monoisotopic (exact) mass is 173 g/mol. The van der Waals surface area contributed by atoms with E-state index >= 15 is 0 Å². The number of benzene rings is 1. The molecular formula is C12H13N. The highest BCUT2D eigenvalue weighted by atomic mass is 14.7. The predicted molar refractivity (Wildman–Crippen MR) is 55.8 cm³/mol. The first-order valence-electron chi connectivity index (χ1n) is 5.04. The van der Waals surface area contributed by atoms with Crippen LogP contribution in [0.15, 0.2) is 36.4 Å². The molecule has 0 amide bonds. The number of nitrogens with zero attached hydrogens (tertiary/aromatic N) is 1. The van der Waals surface area contributed by atoms with Gasteiger partial charge in [0.1, 0.15) is 0 Å². The normalized spacial score (nSPS) is 12.1. The molecule has 2 rings (SSSR count). The van der Waals surface area contributed by atoms with Gasteiger partial charge in [0.25, 0.3) is 0 Å². The second-order valence-electron chi connectivity index (χ2n) is 3.51. The SMILES string of the molecule is [3H]c1ccc2ccc(C(C)C)nc2c1. The fourth-order valence-corrected chi connectivity index (χ4v) is 1.34.